The van der Waals surface area contributed by atoms with Crippen LogP contribution in [0.5, 0.6) is 0 Å². The van der Waals surface area contributed by atoms with Gasteiger partial charge in [0.15, 0.2) is 0 Å². The number of nitrogens with one attached hydrogen (secondary N) is 2. The molecule has 100 valence electrons. The van der Waals surface area contributed by atoms with Gasteiger partial charge in [-0.05, 0) is 32.9 Å². The Bertz CT molecular complexity index is 569. The van der Waals surface area contributed by atoms with Gasteiger partial charge in [0.1, 0.15) is 17.5 Å². The first-order valence-corrected chi connectivity index (χ1v) is 6.56. The minimum Gasteiger partial charge on any atom is -0.368 e. The van der Waals surface area contributed by atoms with Crippen molar-refractivity contribution in [1.82, 2.24) is 9.97 Å². The lowest BCUT2D eigenvalue weighted by molar-refractivity contribution is 0.881. The topological polar surface area (TPSA) is 49.8 Å². The van der Waals surface area contributed by atoms with E-state index < -0.39 is 0 Å². The highest BCUT2D eigenvalue weighted by Crippen LogP contribution is 2.24. The summed E-state index contributed by atoms with van der Waals surface area (Å²) < 4.78 is 0. The molecule has 19 heavy (non-hydrogen) atoms. The minimum absolute atomic E-state index is 0.322. The second kappa shape index (κ2) is 5.89. The van der Waals surface area contributed by atoms with Crippen LogP contribution >= 0.6 is 11.6 Å². The molecule has 2 rings (SSSR count). The van der Waals surface area contributed by atoms with Crippen LogP contribution in [0, 0.1) is 6.92 Å². The van der Waals surface area contributed by atoms with Gasteiger partial charge in [-0.3, -0.25) is 0 Å². The Kier molecular flexibility index (Phi) is 4.22. The monoisotopic (exact) mass is 276 g/mol. The molecule has 0 aliphatic heterocycles. The molecule has 1 aromatic heterocycles. The number of anilines is 3. The Balaban J connectivity index is 2.25. The molecule has 2 aromatic rings. The molecule has 0 spiro atoms. The maximum atomic E-state index is 6.12. The van der Waals surface area contributed by atoms with Crippen molar-refractivity contribution in [2.45, 2.75) is 26.8 Å². The maximum absolute atomic E-state index is 6.12. The van der Waals surface area contributed by atoms with Gasteiger partial charge in [0.25, 0.3) is 0 Å². The molecule has 0 bridgehead atoms. The number of benzene rings is 1. The van der Waals surface area contributed by atoms with E-state index in [9.17, 15) is 0 Å². The van der Waals surface area contributed by atoms with Crippen LogP contribution in [0.25, 0.3) is 0 Å². The maximum Gasteiger partial charge on any atom is 0.136 e. The van der Waals surface area contributed by atoms with Crippen LogP contribution in [-0.4, -0.2) is 16.0 Å². The zero-order valence-corrected chi connectivity index (χ0v) is 12.0. The van der Waals surface area contributed by atoms with Crippen LogP contribution in [0.4, 0.5) is 17.3 Å². The van der Waals surface area contributed by atoms with Crippen LogP contribution < -0.4 is 10.6 Å². The molecule has 0 saturated heterocycles. The molecule has 2 N–H and O–H groups in total. The highest BCUT2D eigenvalue weighted by Gasteiger charge is 2.05. The minimum atomic E-state index is 0.322. The summed E-state index contributed by atoms with van der Waals surface area (Å²) in [5.74, 6) is 2.24. The van der Waals surface area contributed by atoms with Gasteiger partial charge in [0.2, 0.25) is 0 Å². The molecule has 4 nitrogen and oxygen atoms in total. The smallest absolute Gasteiger partial charge is 0.136 e. The molecule has 0 radical (unpaired) electrons. The third-order valence-corrected chi connectivity index (χ3v) is 2.74. The standard InChI is InChI=1S/C14H17ClN4/c1-9(2)16-13-8-14(18-10(3)17-13)19-12-7-5-4-6-11(12)15/h4-9H,1-3H3,(H2,16,17,18,19). The summed E-state index contributed by atoms with van der Waals surface area (Å²) in [6.07, 6.45) is 0. The Labute approximate surface area is 118 Å². The molecule has 1 heterocycles. The Morgan fingerprint density at radius 1 is 1.11 bits per heavy atom. The second-order valence-electron chi connectivity index (χ2n) is 4.59. The molecule has 0 amide bonds. The van der Waals surface area contributed by atoms with Gasteiger partial charge >= 0.3 is 0 Å². The number of halogens is 1. The number of hydrogen-bond acceptors (Lipinski definition) is 4. The largest absolute Gasteiger partial charge is 0.368 e. The summed E-state index contributed by atoms with van der Waals surface area (Å²) in [5, 5.41) is 7.13. The molecule has 0 aliphatic carbocycles. The normalized spacial score (nSPS) is 10.6. The van der Waals surface area contributed by atoms with Crippen LogP contribution in [0.2, 0.25) is 5.02 Å². The van der Waals surface area contributed by atoms with E-state index in [1.54, 1.807) is 0 Å². The Morgan fingerprint density at radius 3 is 2.47 bits per heavy atom. The fourth-order valence-corrected chi connectivity index (χ4v) is 1.88. The third-order valence-electron chi connectivity index (χ3n) is 2.41. The molecule has 1 aromatic carbocycles. The summed E-state index contributed by atoms with van der Waals surface area (Å²) in [6.45, 7) is 6.00. The van der Waals surface area contributed by atoms with Crippen LogP contribution in [-0.2, 0) is 0 Å². The third kappa shape index (κ3) is 3.83. The van der Waals surface area contributed by atoms with Crippen molar-refractivity contribution in [3.63, 3.8) is 0 Å². The molecular formula is C14H17ClN4. The lowest BCUT2D eigenvalue weighted by Gasteiger charge is -2.12. The van der Waals surface area contributed by atoms with E-state index in [1.165, 1.54) is 0 Å². The van der Waals surface area contributed by atoms with Crippen molar-refractivity contribution >= 4 is 28.9 Å². The van der Waals surface area contributed by atoms with Crippen LogP contribution in [0.15, 0.2) is 30.3 Å². The molecule has 0 unspecified atom stereocenters. The first-order valence-electron chi connectivity index (χ1n) is 6.18. The van der Waals surface area contributed by atoms with Gasteiger partial charge < -0.3 is 10.6 Å². The van der Waals surface area contributed by atoms with Gasteiger partial charge in [-0.1, -0.05) is 23.7 Å². The molecule has 0 atom stereocenters. The quantitative estimate of drug-likeness (QED) is 0.886. The zero-order chi connectivity index (χ0) is 13.8. The lowest BCUT2D eigenvalue weighted by Crippen LogP contribution is -2.12. The van der Waals surface area contributed by atoms with E-state index in [0.29, 0.717) is 16.9 Å². The molecule has 0 fully saturated rings. The average Bonchev–Trinajstić information content (AvgIpc) is 2.30. The summed E-state index contributed by atoms with van der Waals surface area (Å²) in [7, 11) is 0. The number of aryl methyl sites for hydroxylation is 1. The van der Waals surface area contributed by atoms with Gasteiger partial charge in [0, 0.05) is 12.1 Å². The molecule has 0 aliphatic rings. The van der Waals surface area contributed by atoms with Crippen molar-refractivity contribution in [2.24, 2.45) is 0 Å². The van der Waals surface area contributed by atoms with Gasteiger partial charge in [-0.15, -0.1) is 0 Å². The number of rotatable bonds is 4. The summed E-state index contributed by atoms with van der Waals surface area (Å²) in [6, 6.07) is 9.76. The van der Waals surface area contributed by atoms with E-state index in [1.807, 2.05) is 37.3 Å². The fourth-order valence-electron chi connectivity index (χ4n) is 1.70. The van der Waals surface area contributed by atoms with E-state index in [-0.39, 0.29) is 0 Å². The van der Waals surface area contributed by atoms with Gasteiger partial charge in [0.05, 0.1) is 10.7 Å². The Morgan fingerprint density at radius 2 is 1.79 bits per heavy atom. The van der Waals surface area contributed by atoms with E-state index in [0.717, 1.165) is 17.3 Å². The first kappa shape index (κ1) is 13.6. The lowest BCUT2D eigenvalue weighted by atomic mass is 10.3. The number of hydrogen-bond donors (Lipinski definition) is 2. The van der Waals surface area contributed by atoms with Crippen molar-refractivity contribution in [1.29, 1.82) is 0 Å². The second-order valence-corrected chi connectivity index (χ2v) is 5.00. The highest BCUT2D eigenvalue weighted by atomic mass is 35.5. The van der Waals surface area contributed by atoms with Crippen LogP contribution in [0.3, 0.4) is 0 Å². The fraction of sp³-hybridized carbons (Fsp3) is 0.286. The van der Waals surface area contributed by atoms with Crippen molar-refractivity contribution < 1.29 is 0 Å². The Hall–Kier alpha value is -1.81. The highest BCUT2D eigenvalue weighted by molar-refractivity contribution is 6.33. The predicted octanol–water partition coefficient (Wildman–Crippen LogP) is 4.00. The number of aromatic nitrogens is 2. The summed E-state index contributed by atoms with van der Waals surface area (Å²) >= 11 is 6.12. The SMILES string of the molecule is Cc1nc(Nc2ccccc2Cl)cc(NC(C)C)n1. The van der Waals surface area contributed by atoms with Gasteiger partial charge in [-0.2, -0.15) is 0 Å². The van der Waals surface area contributed by atoms with E-state index in [4.69, 9.17) is 11.6 Å². The number of nitrogens with zero attached hydrogens (tertiary/aromatic N) is 2. The number of para-hydroxylation sites is 1. The summed E-state index contributed by atoms with van der Waals surface area (Å²) in [4.78, 5) is 8.70. The molecule has 5 heteroatoms. The van der Waals surface area contributed by atoms with Gasteiger partial charge in [-0.25, -0.2) is 9.97 Å². The van der Waals surface area contributed by atoms with Crippen molar-refractivity contribution in [3.05, 3.63) is 41.2 Å². The molecule has 0 saturated carbocycles. The van der Waals surface area contributed by atoms with E-state index >= 15 is 0 Å². The van der Waals surface area contributed by atoms with Crippen molar-refractivity contribution in [3.8, 4) is 0 Å². The van der Waals surface area contributed by atoms with E-state index in [2.05, 4.69) is 34.4 Å². The average molecular weight is 277 g/mol. The zero-order valence-electron chi connectivity index (χ0n) is 11.2. The molecular weight excluding hydrogens is 260 g/mol. The van der Waals surface area contributed by atoms with Crippen LogP contribution in [0.1, 0.15) is 19.7 Å². The first-order chi connectivity index (χ1) is 9.04. The predicted molar refractivity (Wildman–Crippen MR) is 80.3 cm³/mol. The summed E-state index contributed by atoms with van der Waals surface area (Å²) in [5.41, 5.74) is 0.831. The van der Waals surface area contributed by atoms with Crippen molar-refractivity contribution in [2.75, 3.05) is 10.6 Å².